The maximum absolute atomic E-state index is 11.8. The lowest BCUT2D eigenvalue weighted by Gasteiger charge is -2.40. The van der Waals surface area contributed by atoms with E-state index in [1.165, 1.54) is 16.7 Å². The summed E-state index contributed by atoms with van der Waals surface area (Å²) < 4.78 is 5.41. The van der Waals surface area contributed by atoms with E-state index in [1.807, 2.05) is 0 Å². The Morgan fingerprint density at radius 2 is 1.24 bits per heavy atom. The first-order valence-corrected chi connectivity index (χ1v) is 7.69. The number of esters is 1. The van der Waals surface area contributed by atoms with Crippen molar-refractivity contribution in [1.29, 1.82) is 0 Å². The van der Waals surface area contributed by atoms with E-state index in [9.17, 15) is 4.79 Å². The van der Waals surface area contributed by atoms with Crippen LogP contribution in [0.1, 0.15) is 89.4 Å². The lowest BCUT2D eigenvalue weighted by Crippen LogP contribution is -2.34. The van der Waals surface area contributed by atoms with Crippen LogP contribution in [-0.2, 0) is 16.2 Å². The average Bonchev–Trinajstić information content (AvgIpc) is 2.21. The van der Waals surface area contributed by atoms with Crippen molar-refractivity contribution < 1.29 is 9.53 Å². The molecule has 0 unspecified atom stereocenters. The summed E-state index contributed by atoms with van der Waals surface area (Å²) in [5.41, 5.74) is 4.46. The van der Waals surface area contributed by atoms with Gasteiger partial charge in [0.05, 0.1) is 0 Å². The molecule has 21 heavy (non-hydrogen) atoms. The number of carbonyl (C=O) groups is 1. The largest absolute Gasteiger partial charge is 0.422 e. The molecule has 0 radical (unpaired) electrons. The summed E-state index contributed by atoms with van der Waals surface area (Å²) in [7, 11) is 0. The van der Waals surface area contributed by atoms with E-state index in [1.54, 1.807) is 0 Å². The highest BCUT2D eigenvalue weighted by Gasteiger charge is 2.41. The van der Waals surface area contributed by atoms with E-state index in [4.69, 9.17) is 4.74 Å². The van der Waals surface area contributed by atoms with Crippen molar-refractivity contribution in [1.82, 2.24) is 0 Å². The Hall–Kier alpha value is -1.31. The molecule has 1 aliphatic rings. The van der Waals surface area contributed by atoms with Crippen molar-refractivity contribution in [3.8, 4) is 5.75 Å². The Morgan fingerprint density at radius 3 is 1.57 bits per heavy atom. The van der Waals surface area contributed by atoms with Crippen LogP contribution in [0.25, 0.3) is 0 Å². The van der Waals surface area contributed by atoms with Crippen LogP contribution in [0, 0.1) is 0 Å². The molecule has 0 aromatic heterocycles. The van der Waals surface area contributed by atoms with Gasteiger partial charge in [-0.3, -0.25) is 0 Å². The van der Waals surface area contributed by atoms with Gasteiger partial charge in [-0.05, 0) is 33.4 Å². The first-order chi connectivity index (χ1) is 9.24. The molecule has 116 valence electrons. The molecular weight excluding hydrogens is 260 g/mol. The first kappa shape index (κ1) is 16.1. The molecule has 0 amide bonds. The van der Waals surface area contributed by atoms with Crippen LogP contribution in [-0.4, -0.2) is 5.97 Å². The second-order valence-corrected chi connectivity index (χ2v) is 9.19. The highest BCUT2D eigenvalue weighted by atomic mass is 16.6. The molecule has 2 heteroatoms. The van der Waals surface area contributed by atoms with Crippen LogP contribution < -0.4 is 4.74 Å². The van der Waals surface area contributed by atoms with E-state index < -0.39 is 0 Å². The maximum atomic E-state index is 11.8. The second kappa shape index (κ2) is 4.34. The van der Waals surface area contributed by atoms with Crippen molar-refractivity contribution in [2.45, 2.75) is 78.6 Å². The molecular formula is C19H28O2. The van der Waals surface area contributed by atoms with Crippen LogP contribution >= 0.6 is 0 Å². The van der Waals surface area contributed by atoms with E-state index in [0.717, 1.165) is 11.3 Å². The van der Waals surface area contributed by atoms with Crippen LogP contribution in [0.3, 0.4) is 0 Å². The third-order valence-electron chi connectivity index (χ3n) is 4.00. The zero-order chi connectivity index (χ0) is 16.4. The summed E-state index contributed by atoms with van der Waals surface area (Å²) in [6, 6.07) is 2.05. The summed E-state index contributed by atoms with van der Waals surface area (Å²) in [5, 5.41) is 0. The Bertz CT molecular complexity index is 602. The summed E-state index contributed by atoms with van der Waals surface area (Å²) in [6.07, 6.45) is 0. The zero-order valence-electron chi connectivity index (χ0n) is 14.9. The molecule has 1 aliphatic heterocycles. The highest BCUT2D eigenvalue weighted by Crippen LogP contribution is 2.49. The number of hydrogen-bond donors (Lipinski definition) is 0. The fourth-order valence-electron chi connectivity index (χ4n) is 3.11. The van der Waals surface area contributed by atoms with Gasteiger partial charge in [0.2, 0.25) is 0 Å². The normalized spacial score (nSPS) is 15.4. The van der Waals surface area contributed by atoms with Crippen LogP contribution in [0.4, 0.5) is 0 Å². The van der Waals surface area contributed by atoms with Gasteiger partial charge >= 0.3 is 5.97 Å². The van der Waals surface area contributed by atoms with Gasteiger partial charge < -0.3 is 4.74 Å². The lowest BCUT2D eigenvalue weighted by atomic mass is 9.67. The average molecular weight is 288 g/mol. The number of hydrogen-bond acceptors (Lipinski definition) is 2. The number of ether oxygens (including phenoxy) is 1. The van der Waals surface area contributed by atoms with Crippen LogP contribution in [0.2, 0.25) is 0 Å². The maximum Gasteiger partial charge on any atom is 0.347 e. The monoisotopic (exact) mass is 288 g/mol. The van der Waals surface area contributed by atoms with Crippen molar-refractivity contribution >= 4 is 5.97 Å². The molecule has 0 atom stereocenters. The molecule has 0 N–H and O–H groups in total. The number of fused-ring (bicyclic) bond motifs is 1. The Balaban J connectivity index is 2.94. The van der Waals surface area contributed by atoms with Gasteiger partial charge in [-0.15, -0.1) is 0 Å². The Kier molecular flexibility index (Phi) is 3.32. The Morgan fingerprint density at radius 1 is 0.762 bits per heavy atom. The van der Waals surface area contributed by atoms with Gasteiger partial charge in [0.15, 0.2) is 0 Å². The van der Waals surface area contributed by atoms with E-state index in [-0.39, 0.29) is 22.2 Å². The molecule has 0 fully saturated rings. The smallest absolute Gasteiger partial charge is 0.347 e. The lowest BCUT2D eigenvalue weighted by molar-refractivity contribution is 0.0652. The fraction of sp³-hybridized carbons (Fsp3) is 0.632. The number of carbonyl (C=O) groups excluding carboxylic acids is 1. The van der Waals surface area contributed by atoms with Crippen molar-refractivity contribution in [2.24, 2.45) is 0 Å². The molecule has 1 aromatic rings. The molecule has 1 aromatic carbocycles. The van der Waals surface area contributed by atoms with Crippen LogP contribution in [0.15, 0.2) is 6.07 Å². The predicted octanol–water partition coefficient (Wildman–Crippen LogP) is 5.11. The minimum atomic E-state index is -0.193. The third kappa shape index (κ3) is 2.61. The van der Waals surface area contributed by atoms with Gasteiger partial charge in [-0.25, -0.2) is 4.79 Å². The first-order valence-electron chi connectivity index (χ1n) is 7.69. The summed E-state index contributed by atoms with van der Waals surface area (Å²) in [6.45, 7) is 19.9. The van der Waals surface area contributed by atoms with E-state index in [2.05, 4.69) is 68.4 Å². The van der Waals surface area contributed by atoms with Gasteiger partial charge in [0.25, 0.3) is 0 Å². The second-order valence-electron chi connectivity index (χ2n) is 9.19. The van der Waals surface area contributed by atoms with Crippen molar-refractivity contribution in [3.05, 3.63) is 28.3 Å². The van der Waals surface area contributed by atoms with Crippen molar-refractivity contribution in [2.75, 3.05) is 0 Å². The zero-order valence-corrected chi connectivity index (χ0v) is 14.9. The molecule has 1 heterocycles. The van der Waals surface area contributed by atoms with Gasteiger partial charge in [0, 0.05) is 5.56 Å². The topological polar surface area (TPSA) is 26.3 Å². The molecule has 2 rings (SSSR count). The molecule has 0 saturated carbocycles. The molecule has 0 bridgehead atoms. The number of benzene rings is 1. The quantitative estimate of drug-likeness (QED) is 0.620. The Labute approximate surface area is 128 Å². The van der Waals surface area contributed by atoms with Gasteiger partial charge in [-0.2, -0.15) is 0 Å². The summed E-state index contributed by atoms with van der Waals surface area (Å²) in [4.78, 5) is 11.8. The number of rotatable bonds is 0. The standard InChI is InChI=1S/C19H28O2/c1-17(2,3)12-10-11-15(21-16(11)20)14(19(7,8)9)13(12)18(4,5)6/h10H,1-9H3. The van der Waals surface area contributed by atoms with E-state index >= 15 is 0 Å². The molecule has 0 aliphatic carbocycles. The van der Waals surface area contributed by atoms with Gasteiger partial charge in [0.1, 0.15) is 11.3 Å². The fourth-order valence-corrected chi connectivity index (χ4v) is 3.11. The van der Waals surface area contributed by atoms with Gasteiger partial charge in [-0.1, -0.05) is 62.3 Å². The SMILES string of the molecule is CC(C)(C)c1cc2c(c(C(C)(C)C)c1C(C)(C)C)OC2=O. The highest BCUT2D eigenvalue weighted by molar-refractivity contribution is 6.03. The van der Waals surface area contributed by atoms with Crippen molar-refractivity contribution in [3.63, 3.8) is 0 Å². The van der Waals surface area contributed by atoms with E-state index in [0.29, 0.717) is 0 Å². The minimum Gasteiger partial charge on any atom is -0.422 e. The molecule has 2 nitrogen and oxygen atoms in total. The molecule has 0 saturated heterocycles. The van der Waals surface area contributed by atoms with Crippen LogP contribution in [0.5, 0.6) is 5.75 Å². The summed E-state index contributed by atoms with van der Waals surface area (Å²) >= 11 is 0. The third-order valence-corrected chi connectivity index (χ3v) is 4.00. The summed E-state index contributed by atoms with van der Waals surface area (Å²) in [5.74, 6) is 0.604. The minimum absolute atomic E-state index is 0.00224. The predicted molar refractivity (Wildman–Crippen MR) is 87.5 cm³/mol. The molecule has 0 spiro atoms.